The molecule has 0 spiro atoms. The summed E-state index contributed by atoms with van der Waals surface area (Å²) in [5.41, 5.74) is 10.9. The third-order valence-corrected chi connectivity index (χ3v) is 6.82. The number of hydrogen-bond acceptors (Lipinski definition) is 4. The molecule has 7 heteroatoms. The number of benzene rings is 2. The molecule has 0 radical (unpaired) electrons. The second-order valence-corrected chi connectivity index (χ2v) is 9.51. The van der Waals surface area contributed by atoms with Crippen molar-refractivity contribution in [1.82, 2.24) is 4.90 Å². The number of ether oxygens (including phenoxy) is 1. The van der Waals surface area contributed by atoms with Crippen molar-refractivity contribution in [2.45, 2.75) is 42.5 Å². The molecule has 2 atom stereocenters. The summed E-state index contributed by atoms with van der Waals surface area (Å²) < 4.78 is 5.50. The second-order valence-electron chi connectivity index (χ2n) is 7.68. The van der Waals surface area contributed by atoms with Crippen molar-refractivity contribution in [1.29, 1.82) is 0 Å². The first kappa shape index (κ1) is 19.4. The van der Waals surface area contributed by atoms with Gasteiger partial charge in [0, 0.05) is 4.75 Å². The van der Waals surface area contributed by atoms with E-state index in [1.807, 2.05) is 74.5 Å². The van der Waals surface area contributed by atoms with Crippen molar-refractivity contribution < 1.29 is 19.1 Å². The Bertz CT molecular complexity index is 947. The van der Waals surface area contributed by atoms with Crippen molar-refractivity contribution in [3.8, 4) is 0 Å². The van der Waals surface area contributed by atoms with Crippen LogP contribution in [0.4, 0.5) is 0 Å². The number of esters is 1. The topological polar surface area (TPSA) is 83.0 Å². The molecule has 0 aliphatic carbocycles. The van der Waals surface area contributed by atoms with Gasteiger partial charge in [-0.25, -0.2) is 4.79 Å². The molecule has 0 unspecified atom stereocenters. The van der Waals surface area contributed by atoms with Gasteiger partial charge in [0.1, 0.15) is 6.04 Å². The number of amides is 1. The predicted octanol–water partition coefficient (Wildman–Crippen LogP) is 3.44. The lowest BCUT2D eigenvalue weighted by Crippen LogP contribution is -2.50. The fraction of sp³-hybridized carbons (Fsp3) is 0.318. The molecule has 2 aliphatic heterocycles. The summed E-state index contributed by atoms with van der Waals surface area (Å²) in [7, 11) is 0. The molecule has 2 aliphatic rings. The average molecular weight is 407 g/mol. The highest BCUT2D eigenvalue weighted by Gasteiger charge is 2.60. The van der Waals surface area contributed by atoms with Crippen molar-refractivity contribution in [2.24, 2.45) is 0 Å². The van der Waals surface area contributed by atoms with E-state index in [4.69, 9.17) is 10.3 Å². The van der Waals surface area contributed by atoms with Crippen LogP contribution in [0.1, 0.15) is 37.5 Å². The summed E-state index contributed by atoms with van der Waals surface area (Å²) >= 11 is 1.53. The van der Waals surface area contributed by atoms with E-state index < -0.39 is 28.8 Å². The van der Waals surface area contributed by atoms with Crippen LogP contribution in [0.25, 0.3) is 5.53 Å². The Labute approximate surface area is 173 Å². The molecule has 1 amide bonds. The summed E-state index contributed by atoms with van der Waals surface area (Å²) in [6.07, 6.45) is -0.262. The van der Waals surface area contributed by atoms with E-state index in [1.54, 1.807) is 0 Å². The van der Waals surface area contributed by atoms with E-state index in [9.17, 15) is 9.59 Å². The van der Waals surface area contributed by atoms with Crippen molar-refractivity contribution in [2.75, 3.05) is 0 Å². The standard InChI is InChI=1S/C22H21N3O3S/c1-22(2)19(25-17(29-22)13-16(24-23)20(25)26)21(27)28-18(14-9-5-3-6-10-14)15-11-7-4-8-12-15/h3-12,17-19H,13H2,1-2H3/t17-,19+/m1/s1. The minimum absolute atomic E-state index is 0.0819. The van der Waals surface area contributed by atoms with Crippen molar-refractivity contribution in [3.05, 3.63) is 77.3 Å². The molecule has 4 rings (SSSR count). The smallest absolute Gasteiger partial charge is 0.359 e. The van der Waals surface area contributed by atoms with E-state index in [0.717, 1.165) is 11.1 Å². The van der Waals surface area contributed by atoms with Crippen LogP contribution in [0.2, 0.25) is 0 Å². The van der Waals surface area contributed by atoms with Gasteiger partial charge in [-0.15, -0.1) is 11.8 Å². The van der Waals surface area contributed by atoms with Gasteiger partial charge in [0.05, 0.1) is 11.8 Å². The van der Waals surface area contributed by atoms with Crippen LogP contribution in [-0.4, -0.2) is 43.4 Å². The molecule has 2 heterocycles. The lowest BCUT2D eigenvalue weighted by Gasteiger charge is -2.30. The minimum Gasteiger partial charge on any atom is -0.451 e. The van der Waals surface area contributed by atoms with Crippen LogP contribution in [0.15, 0.2) is 60.7 Å². The molecule has 148 valence electrons. The molecule has 0 N–H and O–H groups in total. The Balaban J connectivity index is 1.67. The predicted molar refractivity (Wildman–Crippen MR) is 110 cm³/mol. The van der Waals surface area contributed by atoms with Crippen LogP contribution >= 0.6 is 11.8 Å². The first-order valence-electron chi connectivity index (χ1n) is 9.44. The number of fused-ring (bicyclic) bond motifs is 1. The van der Waals surface area contributed by atoms with E-state index in [0.29, 0.717) is 6.42 Å². The van der Waals surface area contributed by atoms with Crippen LogP contribution in [0.3, 0.4) is 0 Å². The zero-order valence-corrected chi connectivity index (χ0v) is 17.0. The minimum atomic E-state index is -0.765. The van der Waals surface area contributed by atoms with Gasteiger partial charge in [0.25, 0.3) is 0 Å². The normalized spacial score (nSPS) is 22.5. The molecule has 0 bridgehead atoms. The fourth-order valence-corrected chi connectivity index (χ4v) is 5.62. The lowest BCUT2D eigenvalue weighted by atomic mass is 9.99. The first-order valence-corrected chi connectivity index (χ1v) is 10.3. The van der Waals surface area contributed by atoms with Gasteiger partial charge in [-0.1, -0.05) is 60.7 Å². The molecule has 2 aromatic carbocycles. The van der Waals surface area contributed by atoms with E-state index >= 15 is 0 Å². The number of carbonyl (C=O) groups is 2. The van der Waals surface area contributed by atoms with E-state index in [2.05, 4.69) is 4.79 Å². The van der Waals surface area contributed by atoms with Crippen LogP contribution in [0.5, 0.6) is 0 Å². The summed E-state index contributed by atoms with van der Waals surface area (Å²) in [5.74, 6) is -0.872. The van der Waals surface area contributed by atoms with Gasteiger partial charge in [0.2, 0.25) is 0 Å². The molecule has 0 saturated carbocycles. The second kappa shape index (κ2) is 7.50. The van der Waals surface area contributed by atoms with Gasteiger partial charge in [-0.3, -0.25) is 4.79 Å². The highest BCUT2D eigenvalue weighted by molar-refractivity contribution is 8.01. The quantitative estimate of drug-likeness (QED) is 0.442. The van der Waals surface area contributed by atoms with Crippen LogP contribution < -0.4 is 0 Å². The Morgan fingerprint density at radius 1 is 1.14 bits per heavy atom. The number of carbonyl (C=O) groups excluding carboxylic acids is 2. The van der Waals surface area contributed by atoms with Gasteiger partial charge >= 0.3 is 17.6 Å². The molecule has 6 nitrogen and oxygen atoms in total. The lowest BCUT2D eigenvalue weighted by molar-refractivity contribution is -0.157. The highest BCUT2D eigenvalue weighted by Crippen LogP contribution is 2.49. The Morgan fingerprint density at radius 2 is 1.69 bits per heavy atom. The molecule has 29 heavy (non-hydrogen) atoms. The first-order chi connectivity index (χ1) is 13.9. The summed E-state index contributed by atoms with van der Waals surface area (Å²) in [6, 6.07) is 18.3. The number of rotatable bonds is 4. The third kappa shape index (κ3) is 3.48. The monoisotopic (exact) mass is 407 g/mol. The Morgan fingerprint density at radius 3 is 2.21 bits per heavy atom. The van der Waals surface area contributed by atoms with Crippen molar-refractivity contribution >= 4 is 29.4 Å². The molecular weight excluding hydrogens is 386 g/mol. The van der Waals surface area contributed by atoms with Gasteiger partial charge in [-0.05, 0) is 25.0 Å². The maximum absolute atomic E-state index is 13.4. The molecular formula is C22H21N3O3S. The summed E-state index contributed by atoms with van der Waals surface area (Å²) in [4.78, 5) is 30.6. The third-order valence-electron chi connectivity index (χ3n) is 5.32. The van der Waals surface area contributed by atoms with Crippen molar-refractivity contribution in [3.63, 3.8) is 0 Å². The van der Waals surface area contributed by atoms with Crippen LogP contribution in [-0.2, 0) is 14.3 Å². The summed E-state index contributed by atoms with van der Waals surface area (Å²) in [6.45, 7) is 3.87. The summed E-state index contributed by atoms with van der Waals surface area (Å²) in [5, 5.41) is -0.229. The zero-order valence-electron chi connectivity index (χ0n) is 16.2. The Kier molecular flexibility index (Phi) is 5.03. The van der Waals surface area contributed by atoms with Gasteiger partial charge < -0.3 is 15.2 Å². The molecule has 2 aromatic rings. The molecule has 0 aromatic heterocycles. The Hall–Kier alpha value is -2.89. The number of nitrogens with zero attached hydrogens (tertiary/aromatic N) is 3. The van der Waals surface area contributed by atoms with Gasteiger partial charge in [0.15, 0.2) is 6.10 Å². The highest BCUT2D eigenvalue weighted by atomic mass is 32.2. The fourth-order valence-electron chi connectivity index (χ4n) is 4.01. The maximum atomic E-state index is 13.4. The van der Waals surface area contributed by atoms with E-state index in [1.165, 1.54) is 16.7 Å². The number of thioether (sulfide) groups is 1. The van der Waals surface area contributed by atoms with Crippen LogP contribution in [0, 0.1) is 0 Å². The zero-order chi connectivity index (χ0) is 20.6. The largest absolute Gasteiger partial charge is 0.451 e. The average Bonchev–Trinajstić information content (AvgIpc) is 3.17. The number of hydrogen-bond donors (Lipinski definition) is 0. The SMILES string of the molecule is CC1(C)S[C@@H]2CC(=[N+]=[N-])C(=O)N2[C@H]1C(=O)OC(c1ccccc1)c1ccccc1. The van der Waals surface area contributed by atoms with E-state index in [-0.39, 0.29) is 11.1 Å². The molecule has 2 fully saturated rings. The maximum Gasteiger partial charge on any atom is 0.359 e. The van der Waals surface area contributed by atoms with Gasteiger partial charge in [-0.2, -0.15) is 4.79 Å². The molecule has 2 saturated heterocycles.